The number of nitrogens with one attached hydrogen (secondary N) is 1. The molecule has 5 rings (SSSR count). The SMILES string of the molecule is C[C@@H]1CCOc2c(S(N)(=O)=NC(=O)Nc3c4c(cc5c3CCC5)CCC4)cnn2C1. The van der Waals surface area contributed by atoms with Crippen LogP contribution in [0.3, 0.4) is 0 Å². The highest BCUT2D eigenvalue weighted by molar-refractivity contribution is 7.91. The number of nitrogens with zero attached hydrogens (tertiary/aromatic N) is 3. The van der Waals surface area contributed by atoms with Crippen molar-refractivity contribution in [3.05, 3.63) is 34.5 Å². The van der Waals surface area contributed by atoms with Crippen molar-refractivity contribution in [2.45, 2.75) is 63.3 Å². The molecule has 2 aliphatic carbocycles. The van der Waals surface area contributed by atoms with Gasteiger partial charge in [-0.2, -0.15) is 5.10 Å². The molecule has 2 aromatic rings. The lowest BCUT2D eigenvalue weighted by Gasteiger charge is -2.15. The summed E-state index contributed by atoms with van der Waals surface area (Å²) in [7, 11) is -3.48. The number of aryl methyl sites for hydroxylation is 2. The van der Waals surface area contributed by atoms with E-state index in [1.54, 1.807) is 4.68 Å². The van der Waals surface area contributed by atoms with Crippen LogP contribution in [0, 0.1) is 5.92 Å². The molecule has 9 heteroatoms. The van der Waals surface area contributed by atoms with Crippen molar-refractivity contribution in [2.24, 2.45) is 15.4 Å². The number of benzene rings is 1. The Morgan fingerprint density at radius 1 is 1.27 bits per heavy atom. The summed E-state index contributed by atoms with van der Waals surface area (Å²) in [5, 5.41) is 13.2. The maximum atomic E-state index is 13.2. The summed E-state index contributed by atoms with van der Waals surface area (Å²) in [6, 6.07) is 1.61. The zero-order valence-electron chi connectivity index (χ0n) is 17.1. The quantitative estimate of drug-likeness (QED) is 0.763. The molecule has 30 heavy (non-hydrogen) atoms. The number of hydrogen-bond acceptors (Lipinski definition) is 4. The fourth-order valence-corrected chi connectivity index (χ4v) is 5.85. The Kier molecular flexibility index (Phi) is 4.82. The van der Waals surface area contributed by atoms with Gasteiger partial charge in [0.05, 0.1) is 12.8 Å². The first-order valence-electron chi connectivity index (χ1n) is 10.6. The number of rotatable bonds is 2. The Balaban J connectivity index is 1.47. The first-order chi connectivity index (χ1) is 14.4. The molecular formula is C21H27N5O3S. The second kappa shape index (κ2) is 7.39. The van der Waals surface area contributed by atoms with Gasteiger partial charge in [0.15, 0.2) is 9.92 Å². The Hall–Kier alpha value is -2.39. The number of aromatic nitrogens is 2. The molecule has 2 amide bonds. The van der Waals surface area contributed by atoms with E-state index >= 15 is 0 Å². The van der Waals surface area contributed by atoms with E-state index in [4.69, 9.17) is 9.88 Å². The standard InChI is InChI=1S/C21H27N5O3S/c1-13-8-9-29-20-18(11-23-26(20)12-13)30(22,28)25-21(27)24-19-16-6-2-4-14(16)10-15-5-3-7-17(15)19/h10-11,13H,2-9,12H2,1H3,(H3,22,24,25,27,28)/t13-,30?/m1/s1. The van der Waals surface area contributed by atoms with Gasteiger partial charge in [-0.1, -0.05) is 13.0 Å². The van der Waals surface area contributed by atoms with Crippen LogP contribution in [0.15, 0.2) is 21.5 Å². The lowest BCUT2D eigenvalue weighted by Crippen LogP contribution is -2.19. The van der Waals surface area contributed by atoms with Gasteiger partial charge in [-0.15, -0.1) is 4.36 Å². The normalized spacial score (nSPS) is 21.6. The number of carbonyl (C=O) groups is 1. The van der Waals surface area contributed by atoms with Crippen molar-refractivity contribution in [2.75, 3.05) is 11.9 Å². The first kappa shape index (κ1) is 19.6. The van der Waals surface area contributed by atoms with E-state index in [1.165, 1.54) is 28.5 Å². The van der Waals surface area contributed by atoms with E-state index in [0.29, 0.717) is 24.9 Å². The van der Waals surface area contributed by atoms with E-state index in [-0.39, 0.29) is 4.90 Å². The average molecular weight is 430 g/mol. The fourth-order valence-electron chi connectivity index (χ4n) is 4.85. The topological polar surface area (TPSA) is 112 Å². The molecule has 1 aromatic heterocycles. The van der Waals surface area contributed by atoms with Crippen LogP contribution in [0.5, 0.6) is 5.88 Å². The molecule has 2 atom stereocenters. The molecule has 3 aliphatic rings. The van der Waals surface area contributed by atoms with E-state index in [1.807, 2.05) is 0 Å². The van der Waals surface area contributed by atoms with Gasteiger partial charge < -0.3 is 10.1 Å². The van der Waals surface area contributed by atoms with Crippen molar-refractivity contribution in [1.82, 2.24) is 9.78 Å². The second-order valence-corrected chi connectivity index (χ2v) is 10.3. The zero-order valence-corrected chi connectivity index (χ0v) is 18.0. The van der Waals surface area contributed by atoms with Crippen LogP contribution in [0.2, 0.25) is 0 Å². The Labute approximate surface area is 176 Å². The third-order valence-electron chi connectivity index (χ3n) is 6.33. The predicted molar refractivity (Wildman–Crippen MR) is 114 cm³/mol. The number of nitrogens with two attached hydrogens (primary N) is 1. The van der Waals surface area contributed by atoms with Crippen LogP contribution in [-0.4, -0.2) is 26.6 Å². The Bertz CT molecular complexity index is 1110. The third-order valence-corrected chi connectivity index (χ3v) is 7.68. The van der Waals surface area contributed by atoms with Crippen LogP contribution in [0.1, 0.15) is 48.4 Å². The van der Waals surface area contributed by atoms with Gasteiger partial charge in [0.1, 0.15) is 4.90 Å². The lowest BCUT2D eigenvalue weighted by molar-refractivity contribution is 0.260. The van der Waals surface area contributed by atoms with Crippen molar-refractivity contribution >= 4 is 21.6 Å². The summed E-state index contributed by atoms with van der Waals surface area (Å²) in [5.41, 5.74) is 5.87. The second-order valence-electron chi connectivity index (χ2n) is 8.56. The molecule has 1 aliphatic heterocycles. The number of amides is 2. The first-order valence-corrected chi connectivity index (χ1v) is 12.2. The summed E-state index contributed by atoms with van der Waals surface area (Å²) in [5.74, 6) is 0.736. The highest BCUT2D eigenvalue weighted by atomic mass is 32.2. The smallest absolute Gasteiger partial charge is 0.354 e. The molecule has 3 N–H and O–H groups in total. The van der Waals surface area contributed by atoms with Crippen LogP contribution in [0.4, 0.5) is 10.5 Å². The van der Waals surface area contributed by atoms with Gasteiger partial charge >= 0.3 is 6.03 Å². The summed E-state index contributed by atoms with van der Waals surface area (Å²) >= 11 is 0. The molecule has 0 spiro atoms. The minimum absolute atomic E-state index is 0.176. The maximum Gasteiger partial charge on any atom is 0.354 e. The molecule has 0 bridgehead atoms. The molecule has 0 saturated heterocycles. The number of anilines is 1. The molecule has 8 nitrogen and oxygen atoms in total. The lowest BCUT2D eigenvalue weighted by atomic mass is 9.99. The van der Waals surface area contributed by atoms with Crippen LogP contribution in [0.25, 0.3) is 0 Å². The average Bonchev–Trinajstić information content (AvgIpc) is 3.39. The van der Waals surface area contributed by atoms with E-state index in [9.17, 15) is 9.00 Å². The Morgan fingerprint density at radius 2 is 1.97 bits per heavy atom. The molecule has 160 valence electrons. The highest BCUT2D eigenvalue weighted by Crippen LogP contribution is 2.38. The van der Waals surface area contributed by atoms with Gasteiger partial charge in [0, 0.05) is 12.2 Å². The number of fused-ring (bicyclic) bond motifs is 3. The van der Waals surface area contributed by atoms with Gasteiger partial charge in [-0.25, -0.2) is 18.8 Å². The highest BCUT2D eigenvalue weighted by Gasteiger charge is 2.27. The number of ether oxygens (including phenoxy) is 1. The third kappa shape index (κ3) is 3.39. The summed E-state index contributed by atoms with van der Waals surface area (Å²) in [6.07, 6.45) is 8.41. The Morgan fingerprint density at radius 3 is 2.67 bits per heavy atom. The molecule has 2 heterocycles. The van der Waals surface area contributed by atoms with Crippen LogP contribution in [-0.2, 0) is 42.1 Å². The summed E-state index contributed by atoms with van der Waals surface area (Å²) in [6.45, 7) is 3.25. The van der Waals surface area contributed by atoms with Crippen molar-refractivity contribution in [3.63, 3.8) is 0 Å². The molecule has 1 aromatic carbocycles. The summed E-state index contributed by atoms with van der Waals surface area (Å²) in [4.78, 5) is 13.0. The fraction of sp³-hybridized carbons (Fsp3) is 0.524. The number of carbonyl (C=O) groups excluding carboxylic acids is 1. The van der Waals surface area contributed by atoms with Crippen LogP contribution < -0.4 is 15.2 Å². The molecular weight excluding hydrogens is 402 g/mol. The largest absolute Gasteiger partial charge is 0.477 e. The van der Waals surface area contributed by atoms with Crippen molar-refractivity contribution in [1.29, 1.82) is 0 Å². The van der Waals surface area contributed by atoms with Gasteiger partial charge in [0.25, 0.3) is 0 Å². The van der Waals surface area contributed by atoms with Crippen molar-refractivity contribution < 1.29 is 13.7 Å². The van der Waals surface area contributed by atoms with Crippen molar-refractivity contribution in [3.8, 4) is 5.88 Å². The monoisotopic (exact) mass is 429 g/mol. The van der Waals surface area contributed by atoms with Crippen LogP contribution >= 0.6 is 0 Å². The van der Waals surface area contributed by atoms with E-state index in [0.717, 1.165) is 50.6 Å². The number of urea groups is 1. The van der Waals surface area contributed by atoms with E-state index in [2.05, 4.69) is 27.8 Å². The minimum Gasteiger partial charge on any atom is -0.477 e. The molecule has 0 saturated carbocycles. The van der Waals surface area contributed by atoms with Gasteiger partial charge in [0.2, 0.25) is 5.88 Å². The zero-order chi connectivity index (χ0) is 20.9. The van der Waals surface area contributed by atoms with E-state index < -0.39 is 15.9 Å². The minimum atomic E-state index is -3.48. The van der Waals surface area contributed by atoms with Gasteiger partial charge in [-0.05, 0) is 73.1 Å². The number of hydrogen-bond donors (Lipinski definition) is 2. The maximum absolute atomic E-state index is 13.2. The summed E-state index contributed by atoms with van der Waals surface area (Å²) < 4.78 is 24.5. The molecule has 1 unspecified atom stereocenters. The molecule has 0 radical (unpaired) electrons. The predicted octanol–water partition coefficient (Wildman–Crippen LogP) is 3.21. The van der Waals surface area contributed by atoms with Gasteiger partial charge in [-0.3, -0.25) is 0 Å². The molecule has 0 fully saturated rings.